The number of carbonyl (C=O) groups is 1. The molecule has 2 N–H and O–H groups in total. The van der Waals surface area contributed by atoms with Crippen molar-refractivity contribution < 1.29 is 4.79 Å². The highest BCUT2D eigenvalue weighted by atomic mass is 35.5. The van der Waals surface area contributed by atoms with Crippen molar-refractivity contribution in [3.8, 4) is 0 Å². The summed E-state index contributed by atoms with van der Waals surface area (Å²) >= 11 is 0. The molecule has 0 unspecified atom stereocenters. The summed E-state index contributed by atoms with van der Waals surface area (Å²) in [7, 11) is 0. The summed E-state index contributed by atoms with van der Waals surface area (Å²) in [6, 6.07) is 0. The van der Waals surface area contributed by atoms with E-state index in [1.807, 2.05) is 0 Å². The molecule has 0 bridgehead atoms. The van der Waals surface area contributed by atoms with Crippen molar-refractivity contribution in [2.45, 2.75) is 51.5 Å². The summed E-state index contributed by atoms with van der Waals surface area (Å²) in [5.74, 6) is 0.138. The summed E-state index contributed by atoms with van der Waals surface area (Å²) in [6.45, 7) is 3.59. The molecule has 6 heteroatoms. The van der Waals surface area contributed by atoms with Crippen molar-refractivity contribution in [3.05, 3.63) is 17.0 Å². The van der Waals surface area contributed by atoms with Gasteiger partial charge in [-0.2, -0.15) is 5.10 Å². The third-order valence-electron chi connectivity index (χ3n) is 5.65. The van der Waals surface area contributed by atoms with Gasteiger partial charge in [0.2, 0.25) is 0 Å². The molecule has 1 spiro atoms. The largest absolute Gasteiger partial charge is 0.337 e. The van der Waals surface area contributed by atoms with Crippen LogP contribution in [0.2, 0.25) is 0 Å². The van der Waals surface area contributed by atoms with Crippen LogP contribution in [0.15, 0.2) is 0 Å². The lowest BCUT2D eigenvalue weighted by Crippen LogP contribution is -2.34. The van der Waals surface area contributed by atoms with Crippen LogP contribution < -0.4 is 5.32 Å². The number of nitrogens with zero attached hydrogens (tertiary/aromatic N) is 2. The number of fused-ring (bicyclic) bond motifs is 1. The molecule has 2 aliphatic heterocycles. The Balaban J connectivity index is 0.00000144. The molecule has 122 valence electrons. The second-order valence-electron chi connectivity index (χ2n) is 6.99. The Bertz CT molecular complexity index is 550. The first-order chi connectivity index (χ1) is 10.3. The zero-order valence-corrected chi connectivity index (χ0v) is 13.8. The Morgan fingerprint density at radius 2 is 2.00 bits per heavy atom. The minimum atomic E-state index is 0. The molecule has 1 saturated carbocycles. The Morgan fingerprint density at radius 3 is 2.82 bits per heavy atom. The maximum Gasteiger partial charge on any atom is 0.274 e. The number of hydrogen-bond acceptors (Lipinski definition) is 3. The minimum Gasteiger partial charge on any atom is -0.337 e. The van der Waals surface area contributed by atoms with E-state index < -0.39 is 0 Å². The molecule has 3 heterocycles. The zero-order chi connectivity index (χ0) is 14.3. The number of likely N-dealkylation sites (tertiary alicyclic amines) is 1. The molecule has 1 saturated heterocycles. The number of carbonyl (C=O) groups excluding carboxylic acids is 1. The van der Waals surface area contributed by atoms with Crippen LogP contribution in [0.3, 0.4) is 0 Å². The van der Waals surface area contributed by atoms with Gasteiger partial charge in [0.25, 0.3) is 5.91 Å². The molecule has 1 aromatic heterocycles. The molecule has 4 rings (SSSR count). The molecule has 3 aliphatic rings. The monoisotopic (exact) mass is 324 g/mol. The average molecular weight is 325 g/mol. The summed E-state index contributed by atoms with van der Waals surface area (Å²) in [5, 5.41) is 10.7. The van der Waals surface area contributed by atoms with E-state index in [1.54, 1.807) is 0 Å². The number of aromatic nitrogens is 2. The molecule has 1 aromatic rings. The predicted octanol–water partition coefficient (Wildman–Crippen LogP) is 2.27. The van der Waals surface area contributed by atoms with Gasteiger partial charge >= 0.3 is 0 Å². The average Bonchev–Trinajstić information content (AvgIpc) is 3.12. The van der Waals surface area contributed by atoms with Crippen molar-refractivity contribution in [3.63, 3.8) is 0 Å². The summed E-state index contributed by atoms with van der Waals surface area (Å²) < 4.78 is 0. The summed E-state index contributed by atoms with van der Waals surface area (Å²) in [4.78, 5) is 14.9. The molecule has 0 atom stereocenters. The maximum atomic E-state index is 12.8. The fraction of sp³-hybridized carbons (Fsp3) is 0.750. The quantitative estimate of drug-likeness (QED) is 0.833. The molecule has 5 nitrogen and oxygen atoms in total. The van der Waals surface area contributed by atoms with Crippen LogP contribution in [-0.4, -0.2) is 40.6 Å². The van der Waals surface area contributed by atoms with E-state index in [0.29, 0.717) is 11.1 Å². The normalized spacial score (nSPS) is 23.2. The SMILES string of the molecule is Cl.O=C(c1n[nH]c2c1CNCC2)N1CCC2(CCCCC2)C1. The number of hydrogen-bond donors (Lipinski definition) is 2. The first kappa shape index (κ1) is 15.8. The fourth-order valence-electron chi connectivity index (χ4n) is 4.37. The standard InChI is InChI=1S/C16H24N4O.ClH/c21-15(14-12-10-17-8-4-13(12)18-19-14)20-9-7-16(11-20)5-2-1-3-6-16;/h17H,1-11H2,(H,18,19);1H. The number of amides is 1. The van der Waals surface area contributed by atoms with E-state index in [4.69, 9.17) is 0 Å². The summed E-state index contributed by atoms with van der Waals surface area (Å²) in [5.41, 5.74) is 3.31. The second-order valence-corrected chi connectivity index (χ2v) is 6.99. The number of aromatic amines is 1. The van der Waals surface area contributed by atoms with Gasteiger partial charge in [-0.3, -0.25) is 9.89 Å². The third kappa shape index (κ3) is 2.65. The number of nitrogens with one attached hydrogen (secondary N) is 2. The highest BCUT2D eigenvalue weighted by molar-refractivity contribution is 5.94. The Hall–Kier alpha value is -1.07. The van der Waals surface area contributed by atoms with Crippen LogP contribution in [0, 0.1) is 5.41 Å². The molecule has 0 radical (unpaired) electrons. The highest BCUT2D eigenvalue weighted by Crippen LogP contribution is 2.44. The van der Waals surface area contributed by atoms with E-state index in [0.717, 1.165) is 43.9 Å². The van der Waals surface area contributed by atoms with E-state index in [1.165, 1.54) is 38.5 Å². The first-order valence-electron chi connectivity index (χ1n) is 8.34. The molecule has 1 aliphatic carbocycles. The van der Waals surface area contributed by atoms with Gasteiger partial charge in [-0.05, 0) is 24.7 Å². The molecular weight excluding hydrogens is 300 g/mol. The Kier molecular flexibility index (Phi) is 4.46. The summed E-state index contributed by atoms with van der Waals surface area (Å²) in [6.07, 6.45) is 8.78. The van der Waals surface area contributed by atoms with Crippen LogP contribution in [-0.2, 0) is 13.0 Å². The number of halogens is 1. The lowest BCUT2D eigenvalue weighted by atomic mass is 9.73. The first-order valence-corrected chi connectivity index (χ1v) is 8.34. The van der Waals surface area contributed by atoms with E-state index >= 15 is 0 Å². The minimum absolute atomic E-state index is 0. The van der Waals surface area contributed by atoms with Crippen molar-refractivity contribution in [1.82, 2.24) is 20.4 Å². The smallest absolute Gasteiger partial charge is 0.274 e. The van der Waals surface area contributed by atoms with E-state index in [-0.39, 0.29) is 18.3 Å². The van der Waals surface area contributed by atoms with Gasteiger partial charge in [-0.1, -0.05) is 19.3 Å². The topological polar surface area (TPSA) is 61.0 Å². The van der Waals surface area contributed by atoms with E-state index in [9.17, 15) is 4.79 Å². The van der Waals surface area contributed by atoms with Crippen molar-refractivity contribution in [2.75, 3.05) is 19.6 Å². The van der Waals surface area contributed by atoms with Crippen molar-refractivity contribution in [2.24, 2.45) is 5.41 Å². The Labute approximate surface area is 137 Å². The van der Waals surface area contributed by atoms with Crippen LogP contribution >= 0.6 is 12.4 Å². The van der Waals surface area contributed by atoms with E-state index in [2.05, 4.69) is 20.4 Å². The molecule has 2 fully saturated rings. The van der Waals surface area contributed by atoms with Gasteiger partial charge in [0, 0.05) is 43.9 Å². The number of H-pyrrole nitrogens is 1. The number of rotatable bonds is 1. The van der Waals surface area contributed by atoms with Crippen molar-refractivity contribution >= 4 is 18.3 Å². The third-order valence-corrected chi connectivity index (χ3v) is 5.65. The van der Waals surface area contributed by atoms with Gasteiger partial charge in [-0.25, -0.2) is 0 Å². The lowest BCUT2D eigenvalue weighted by molar-refractivity contribution is 0.0752. The van der Waals surface area contributed by atoms with Gasteiger partial charge in [0.15, 0.2) is 5.69 Å². The lowest BCUT2D eigenvalue weighted by Gasteiger charge is -2.33. The molecule has 22 heavy (non-hydrogen) atoms. The van der Waals surface area contributed by atoms with Crippen LogP contribution in [0.1, 0.15) is 60.3 Å². The van der Waals surface area contributed by atoms with Crippen LogP contribution in [0.4, 0.5) is 0 Å². The van der Waals surface area contributed by atoms with Gasteiger partial charge < -0.3 is 10.2 Å². The molecule has 0 aromatic carbocycles. The van der Waals surface area contributed by atoms with Gasteiger partial charge in [-0.15, -0.1) is 12.4 Å². The second kappa shape index (κ2) is 6.20. The fourth-order valence-corrected chi connectivity index (χ4v) is 4.37. The van der Waals surface area contributed by atoms with Crippen molar-refractivity contribution in [1.29, 1.82) is 0 Å². The van der Waals surface area contributed by atoms with Gasteiger partial charge in [0.05, 0.1) is 0 Å². The maximum absolute atomic E-state index is 12.8. The molecular formula is C16H25ClN4O. The Morgan fingerprint density at radius 1 is 1.18 bits per heavy atom. The van der Waals surface area contributed by atoms with Crippen LogP contribution in [0.25, 0.3) is 0 Å². The predicted molar refractivity (Wildman–Crippen MR) is 87.3 cm³/mol. The highest BCUT2D eigenvalue weighted by Gasteiger charge is 2.41. The van der Waals surface area contributed by atoms with Crippen LogP contribution in [0.5, 0.6) is 0 Å². The van der Waals surface area contributed by atoms with Gasteiger partial charge in [0.1, 0.15) is 0 Å². The molecule has 1 amide bonds. The zero-order valence-electron chi connectivity index (χ0n) is 13.0.